The number of sulfonamides is 1. The topological polar surface area (TPSA) is 96.0 Å². The summed E-state index contributed by atoms with van der Waals surface area (Å²) in [6.07, 6.45) is 1.11. The van der Waals surface area contributed by atoms with Crippen molar-refractivity contribution in [2.24, 2.45) is 0 Å². The molecule has 0 heterocycles. The van der Waals surface area contributed by atoms with Crippen molar-refractivity contribution in [3.05, 3.63) is 89.4 Å². The maximum Gasteiger partial charge on any atom is 0.264 e. The molecule has 0 saturated carbocycles. The van der Waals surface area contributed by atoms with Crippen LogP contribution in [0.15, 0.2) is 83.8 Å². The molecule has 0 fully saturated rings. The van der Waals surface area contributed by atoms with E-state index >= 15 is 0 Å². The number of nitrogens with one attached hydrogen (secondary N) is 1. The van der Waals surface area contributed by atoms with Gasteiger partial charge in [0, 0.05) is 18.1 Å². The molecule has 8 nitrogen and oxygen atoms in total. The van der Waals surface area contributed by atoms with Crippen molar-refractivity contribution < 1.29 is 22.7 Å². The molecule has 0 saturated heterocycles. The quantitative estimate of drug-likeness (QED) is 0.315. The van der Waals surface area contributed by atoms with Crippen molar-refractivity contribution >= 4 is 39.1 Å². The van der Waals surface area contributed by atoms with E-state index in [9.17, 15) is 18.0 Å². The first kappa shape index (κ1) is 30.0. The van der Waals surface area contributed by atoms with Gasteiger partial charge in [0.05, 0.1) is 17.7 Å². The first-order valence-electron chi connectivity index (χ1n) is 12.7. The summed E-state index contributed by atoms with van der Waals surface area (Å²) < 4.78 is 33.9. The molecule has 0 bridgehead atoms. The molecule has 3 aromatic rings. The van der Waals surface area contributed by atoms with Crippen LogP contribution in [0.5, 0.6) is 5.75 Å². The molecule has 0 aromatic heterocycles. The summed E-state index contributed by atoms with van der Waals surface area (Å²) in [7, 11) is -2.70. The molecule has 0 spiro atoms. The van der Waals surface area contributed by atoms with E-state index in [2.05, 4.69) is 5.32 Å². The second-order valence-corrected chi connectivity index (χ2v) is 11.2. The number of methoxy groups -OCH3 is 1. The van der Waals surface area contributed by atoms with E-state index in [4.69, 9.17) is 16.3 Å². The number of carbonyl (C=O) groups is 2. The van der Waals surface area contributed by atoms with E-state index in [0.717, 1.165) is 16.3 Å². The number of hydrogen-bond donors (Lipinski definition) is 1. The predicted octanol–water partition coefficient (Wildman–Crippen LogP) is 4.88. The Bertz CT molecular complexity index is 1350. The highest BCUT2D eigenvalue weighted by Gasteiger charge is 2.33. The zero-order valence-electron chi connectivity index (χ0n) is 22.3. The summed E-state index contributed by atoms with van der Waals surface area (Å²) in [6.45, 7) is 3.86. The molecule has 208 valence electrons. The Hall–Kier alpha value is -3.56. The van der Waals surface area contributed by atoms with Crippen LogP contribution in [0.2, 0.25) is 5.02 Å². The lowest BCUT2D eigenvalue weighted by molar-refractivity contribution is -0.140. The van der Waals surface area contributed by atoms with Crippen molar-refractivity contribution in [1.82, 2.24) is 10.2 Å². The maximum absolute atomic E-state index is 14.0. The molecule has 3 rings (SSSR count). The average Bonchev–Trinajstić information content (AvgIpc) is 2.95. The number of ether oxygens (including phenoxy) is 1. The molecule has 2 amide bonds. The molecule has 1 atom stereocenters. The minimum atomic E-state index is -4.19. The monoisotopic (exact) mass is 571 g/mol. The van der Waals surface area contributed by atoms with Gasteiger partial charge >= 0.3 is 0 Å². The van der Waals surface area contributed by atoms with Gasteiger partial charge in [-0.1, -0.05) is 61.8 Å². The van der Waals surface area contributed by atoms with Crippen LogP contribution in [0.25, 0.3) is 0 Å². The van der Waals surface area contributed by atoms with Crippen molar-refractivity contribution in [2.75, 3.05) is 24.5 Å². The highest BCUT2D eigenvalue weighted by molar-refractivity contribution is 7.92. The zero-order chi connectivity index (χ0) is 28.4. The molecule has 0 aliphatic carbocycles. The number of amides is 2. The molecule has 0 unspecified atom stereocenters. The Morgan fingerprint density at radius 2 is 1.67 bits per heavy atom. The molecular weight excluding hydrogens is 538 g/mol. The SMILES string of the molecule is CCCNC(=O)[C@H](CC)N(Cc1ccccc1)C(=O)CN(c1cccc(Cl)c1)S(=O)(=O)c1ccc(OC)cc1. The summed E-state index contributed by atoms with van der Waals surface area (Å²) >= 11 is 6.21. The van der Waals surface area contributed by atoms with Gasteiger partial charge in [0.1, 0.15) is 18.3 Å². The average molecular weight is 572 g/mol. The van der Waals surface area contributed by atoms with Gasteiger partial charge < -0.3 is 15.0 Å². The predicted molar refractivity (Wildman–Crippen MR) is 153 cm³/mol. The highest BCUT2D eigenvalue weighted by atomic mass is 35.5. The van der Waals surface area contributed by atoms with Gasteiger partial charge in [0.15, 0.2) is 0 Å². The van der Waals surface area contributed by atoms with Crippen LogP contribution in [-0.4, -0.2) is 51.4 Å². The summed E-state index contributed by atoms with van der Waals surface area (Å²) in [5.74, 6) is -0.303. The Kier molecular flexibility index (Phi) is 10.8. The minimum absolute atomic E-state index is 0.0154. The van der Waals surface area contributed by atoms with Gasteiger partial charge in [-0.25, -0.2) is 8.42 Å². The van der Waals surface area contributed by atoms with Crippen LogP contribution in [0.1, 0.15) is 32.3 Å². The summed E-state index contributed by atoms with van der Waals surface area (Å²) in [6, 6.07) is 20.7. The van der Waals surface area contributed by atoms with Crippen LogP contribution in [0.3, 0.4) is 0 Å². The summed E-state index contributed by atoms with van der Waals surface area (Å²) in [4.78, 5) is 28.5. The van der Waals surface area contributed by atoms with Crippen molar-refractivity contribution in [3.63, 3.8) is 0 Å². The molecule has 39 heavy (non-hydrogen) atoms. The fourth-order valence-electron chi connectivity index (χ4n) is 4.10. The van der Waals surface area contributed by atoms with E-state index in [1.807, 2.05) is 44.2 Å². The van der Waals surface area contributed by atoms with Crippen LogP contribution in [0.4, 0.5) is 5.69 Å². The Labute approximate surface area is 235 Å². The number of nitrogens with zero attached hydrogens (tertiary/aromatic N) is 2. The van der Waals surface area contributed by atoms with Gasteiger partial charge in [-0.05, 0) is 60.9 Å². The van der Waals surface area contributed by atoms with E-state index in [1.54, 1.807) is 18.2 Å². The minimum Gasteiger partial charge on any atom is -0.497 e. The van der Waals surface area contributed by atoms with Gasteiger partial charge in [0.2, 0.25) is 11.8 Å². The number of carbonyl (C=O) groups excluding carboxylic acids is 2. The standard InChI is InChI=1S/C29H34ClN3O5S/c1-4-18-31-29(35)27(5-2)32(20-22-10-7-6-8-11-22)28(34)21-33(24-13-9-12-23(30)19-24)39(36,37)26-16-14-25(38-3)15-17-26/h6-17,19,27H,4-5,18,20-21H2,1-3H3,(H,31,35)/t27-/m0/s1. The van der Waals surface area contributed by atoms with E-state index in [1.165, 1.54) is 42.3 Å². The molecule has 3 aromatic carbocycles. The lowest BCUT2D eigenvalue weighted by atomic mass is 10.1. The number of halogens is 1. The molecule has 0 aliphatic heterocycles. The van der Waals surface area contributed by atoms with Gasteiger partial charge in [-0.15, -0.1) is 0 Å². The third-order valence-corrected chi connectivity index (χ3v) is 8.18. The fourth-order valence-corrected chi connectivity index (χ4v) is 5.69. The lowest BCUT2D eigenvalue weighted by Crippen LogP contribution is -2.52. The van der Waals surface area contributed by atoms with Gasteiger partial charge in [0.25, 0.3) is 10.0 Å². The van der Waals surface area contributed by atoms with Crippen molar-refractivity contribution in [1.29, 1.82) is 0 Å². The first-order chi connectivity index (χ1) is 18.7. The zero-order valence-corrected chi connectivity index (χ0v) is 23.9. The van der Waals surface area contributed by atoms with Crippen LogP contribution in [0, 0.1) is 0 Å². The first-order valence-corrected chi connectivity index (χ1v) is 14.6. The van der Waals surface area contributed by atoms with E-state index in [-0.39, 0.29) is 23.0 Å². The van der Waals surface area contributed by atoms with Crippen molar-refractivity contribution in [2.45, 2.75) is 44.2 Å². The van der Waals surface area contributed by atoms with Crippen LogP contribution in [-0.2, 0) is 26.2 Å². The molecule has 10 heteroatoms. The van der Waals surface area contributed by atoms with Crippen molar-refractivity contribution in [3.8, 4) is 5.75 Å². The van der Waals surface area contributed by atoms with E-state index < -0.39 is 28.5 Å². The molecule has 0 aliphatic rings. The highest BCUT2D eigenvalue weighted by Crippen LogP contribution is 2.28. The third kappa shape index (κ3) is 7.74. The fraction of sp³-hybridized carbons (Fsp3) is 0.310. The third-order valence-electron chi connectivity index (χ3n) is 6.15. The Balaban J connectivity index is 2.04. The Morgan fingerprint density at radius 3 is 2.26 bits per heavy atom. The van der Waals surface area contributed by atoms with Crippen LogP contribution < -0.4 is 14.4 Å². The number of hydrogen-bond acceptors (Lipinski definition) is 5. The number of rotatable bonds is 13. The molecular formula is C29H34ClN3O5S. The largest absolute Gasteiger partial charge is 0.497 e. The molecule has 0 radical (unpaired) electrons. The van der Waals surface area contributed by atoms with Crippen LogP contribution >= 0.6 is 11.6 Å². The van der Waals surface area contributed by atoms with Gasteiger partial charge in [-0.3, -0.25) is 13.9 Å². The second-order valence-electron chi connectivity index (χ2n) is 8.89. The second kappa shape index (κ2) is 14.0. The number of anilines is 1. The van der Waals surface area contributed by atoms with Gasteiger partial charge in [-0.2, -0.15) is 0 Å². The summed E-state index contributed by atoms with van der Waals surface area (Å²) in [5.41, 5.74) is 1.05. The normalized spacial score (nSPS) is 11.9. The van der Waals surface area contributed by atoms with E-state index in [0.29, 0.717) is 23.7 Å². The molecule has 1 N–H and O–H groups in total. The maximum atomic E-state index is 14.0. The summed E-state index contributed by atoms with van der Waals surface area (Å²) in [5, 5.41) is 3.19. The number of benzene rings is 3. The smallest absolute Gasteiger partial charge is 0.264 e. The lowest BCUT2D eigenvalue weighted by Gasteiger charge is -2.33. The Morgan fingerprint density at radius 1 is 0.974 bits per heavy atom.